The van der Waals surface area contributed by atoms with Crippen LogP contribution in [0.1, 0.15) is 30.9 Å². The first-order valence-electron chi connectivity index (χ1n) is 5.13. The molecule has 0 aromatic carbocycles. The number of ether oxygens (including phenoxy) is 1. The van der Waals surface area contributed by atoms with Crippen LogP contribution in [-0.4, -0.2) is 22.5 Å². The lowest BCUT2D eigenvalue weighted by atomic mass is 9.99. The van der Waals surface area contributed by atoms with Crippen LogP contribution in [0.4, 0.5) is 0 Å². The molecule has 0 amide bonds. The van der Waals surface area contributed by atoms with Gasteiger partial charge in [0, 0.05) is 25.4 Å². The number of rotatable bonds is 2. The second-order valence-corrected chi connectivity index (χ2v) is 3.88. The molecule has 1 aromatic rings. The van der Waals surface area contributed by atoms with Gasteiger partial charge < -0.3 is 10.5 Å². The van der Waals surface area contributed by atoms with Gasteiger partial charge in [0.25, 0.3) is 0 Å². The van der Waals surface area contributed by atoms with Crippen molar-refractivity contribution in [2.45, 2.75) is 31.4 Å². The summed E-state index contributed by atoms with van der Waals surface area (Å²) in [7, 11) is 1.90. The highest BCUT2D eigenvalue weighted by Crippen LogP contribution is 2.23. The van der Waals surface area contributed by atoms with Gasteiger partial charge in [0.1, 0.15) is 0 Å². The monoisotopic (exact) mass is 195 g/mol. The van der Waals surface area contributed by atoms with Crippen LogP contribution in [0.2, 0.25) is 0 Å². The Balaban J connectivity index is 2.03. The first-order valence-corrected chi connectivity index (χ1v) is 5.13. The van der Waals surface area contributed by atoms with Gasteiger partial charge in [-0.25, -0.2) is 0 Å². The Labute approximate surface area is 84.0 Å². The van der Waals surface area contributed by atoms with E-state index in [1.807, 2.05) is 19.4 Å². The zero-order valence-electron chi connectivity index (χ0n) is 8.52. The summed E-state index contributed by atoms with van der Waals surface area (Å²) in [5.41, 5.74) is 7.17. The normalized spacial score (nSPS) is 24.9. The van der Waals surface area contributed by atoms with E-state index in [2.05, 4.69) is 5.10 Å². The molecule has 0 spiro atoms. The van der Waals surface area contributed by atoms with Crippen LogP contribution < -0.4 is 5.73 Å². The molecule has 14 heavy (non-hydrogen) atoms. The zero-order chi connectivity index (χ0) is 9.97. The topological polar surface area (TPSA) is 53.1 Å². The largest absolute Gasteiger partial charge is 0.376 e. The number of hydrogen-bond acceptors (Lipinski definition) is 3. The lowest BCUT2D eigenvalue weighted by Crippen LogP contribution is -2.31. The summed E-state index contributed by atoms with van der Waals surface area (Å²) in [5, 5.41) is 4.11. The molecule has 0 saturated carbocycles. The van der Waals surface area contributed by atoms with Crippen LogP contribution >= 0.6 is 0 Å². The second kappa shape index (κ2) is 4.11. The van der Waals surface area contributed by atoms with Gasteiger partial charge in [-0.3, -0.25) is 4.68 Å². The second-order valence-electron chi connectivity index (χ2n) is 3.88. The molecule has 0 bridgehead atoms. The molecule has 1 aliphatic heterocycles. The maximum absolute atomic E-state index is 6.10. The van der Waals surface area contributed by atoms with Gasteiger partial charge in [0.15, 0.2) is 0 Å². The predicted molar refractivity (Wildman–Crippen MR) is 53.7 cm³/mol. The van der Waals surface area contributed by atoms with E-state index in [-0.39, 0.29) is 12.1 Å². The summed E-state index contributed by atoms with van der Waals surface area (Å²) in [4.78, 5) is 0. The van der Waals surface area contributed by atoms with Crippen molar-refractivity contribution in [1.82, 2.24) is 9.78 Å². The van der Waals surface area contributed by atoms with E-state index < -0.39 is 0 Å². The van der Waals surface area contributed by atoms with Gasteiger partial charge in [-0.1, -0.05) is 0 Å². The Hall–Kier alpha value is -0.870. The molecule has 78 valence electrons. The highest BCUT2D eigenvalue weighted by Gasteiger charge is 2.23. The van der Waals surface area contributed by atoms with Crippen LogP contribution in [0.25, 0.3) is 0 Å². The minimum absolute atomic E-state index is 0.0241. The molecule has 1 fully saturated rings. The van der Waals surface area contributed by atoms with Crippen molar-refractivity contribution in [3.8, 4) is 0 Å². The molecule has 2 atom stereocenters. The molecular formula is C10H17N3O. The van der Waals surface area contributed by atoms with Gasteiger partial charge >= 0.3 is 0 Å². The van der Waals surface area contributed by atoms with Crippen molar-refractivity contribution in [3.63, 3.8) is 0 Å². The third kappa shape index (κ3) is 1.96. The summed E-state index contributed by atoms with van der Waals surface area (Å²) in [6.45, 7) is 0.846. The summed E-state index contributed by atoms with van der Waals surface area (Å²) >= 11 is 0. The smallest absolute Gasteiger partial charge is 0.0768 e. The Morgan fingerprint density at radius 1 is 1.64 bits per heavy atom. The van der Waals surface area contributed by atoms with Gasteiger partial charge in [-0.2, -0.15) is 5.10 Å². The third-order valence-electron chi connectivity index (χ3n) is 2.73. The van der Waals surface area contributed by atoms with E-state index in [0.717, 1.165) is 25.0 Å². The minimum atomic E-state index is -0.0241. The summed E-state index contributed by atoms with van der Waals surface area (Å²) in [6.07, 6.45) is 7.41. The average molecular weight is 195 g/mol. The van der Waals surface area contributed by atoms with Crippen molar-refractivity contribution in [3.05, 3.63) is 18.0 Å². The Bertz CT molecular complexity index is 291. The molecule has 1 saturated heterocycles. The van der Waals surface area contributed by atoms with Crippen molar-refractivity contribution >= 4 is 0 Å². The van der Waals surface area contributed by atoms with Crippen LogP contribution in [0.5, 0.6) is 0 Å². The number of aryl methyl sites for hydroxylation is 1. The van der Waals surface area contributed by atoms with E-state index in [0.29, 0.717) is 0 Å². The molecule has 2 rings (SSSR count). The fourth-order valence-electron chi connectivity index (χ4n) is 1.88. The number of aromatic nitrogens is 2. The highest BCUT2D eigenvalue weighted by atomic mass is 16.5. The van der Waals surface area contributed by atoms with Crippen molar-refractivity contribution in [2.24, 2.45) is 12.8 Å². The predicted octanol–water partition coefficient (Wildman–Crippen LogP) is 0.989. The minimum Gasteiger partial charge on any atom is -0.376 e. The third-order valence-corrected chi connectivity index (χ3v) is 2.73. The maximum atomic E-state index is 6.10. The number of hydrogen-bond donors (Lipinski definition) is 1. The Kier molecular flexibility index (Phi) is 2.84. The van der Waals surface area contributed by atoms with Crippen LogP contribution in [0.15, 0.2) is 12.4 Å². The van der Waals surface area contributed by atoms with Gasteiger partial charge in [-0.05, 0) is 19.3 Å². The van der Waals surface area contributed by atoms with Gasteiger partial charge in [0.2, 0.25) is 0 Å². The molecule has 4 nitrogen and oxygen atoms in total. The van der Waals surface area contributed by atoms with E-state index in [4.69, 9.17) is 10.5 Å². The molecule has 1 aromatic heterocycles. The standard InChI is InChI=1S/C10H17N3O/c1-13-7-8(6-12-13)10(11)9-4-2-3-5-14-9/h6-7,9-10H,2-5,11H2,1H3. The molecule has 0 aliphatic carbocycles. The van der Waals surface area contributed by atoms with Crippen LogP contribution in [0.3, 0.4) is 0 Å². The SMILES string of the molecule is Cn1cc(C(N)C2CCCCO2)cn1. The molecule has 2 unspecified atom stereocenters. The summed E-state index contributed by atoms with van der Waals surface area (Å²) < 4.78 is 7.42. The van der Waals surface area contributed by atoms with Gasteiger partial charge in [-0.15, -0.1) is 0 Å². The molecule has 1 aliphatic rings. The molecule has 4 heteroatoms. The average Bonchev–Trinajstić information content (AvgIpc) is 2.65. The fourth-order valence-corrected chi connectivity index (χ4v) is 1.88. The van der Waals surface area contributed by atoms with E-state index >= 15 is 0 Å². The Morgan fingerprint density at radius 3 is 3.07 bits per heavy atom. The quantitative estimate of drug-likeness (QED) is 0.765. The molecule has 2 heterocycles. The summed E-state index contributed by atoms with van der Waals surface area (Å²) in [5.74, 6) is 0. The van der Waals surface area contributed by atoms with E-state index in [1.165, 1.54) is 6.42 Å². The van der Waals surface area contributed by atoms with Gasteiger partial charge in [0.05, 0.1) is 18.3 Å². The molecule has 0 radical (unpaired) electrons. The molecule has 2 N–H and O–H groups in total. The maximum Gasteiger partial charge on any atom is 0.0768 e. The first kappa shape index (κ1) is 9.68. The van der Waals surface area contributed by atoms with E-state index in [1.54, 1.807) is 4.68 Å². The fraction of sp³-hybridized carbons (Fsp3) is 0.700. The van der Waals surface area contributed by atoms with Crippen LogP contribution in [-0.2, 0) is 11.8 Å². The van der Waals surface area contributed by atoms with Crippen molar-refractivity contribution < 1.29 is 4.74 Å². The van der Waals surface area contributed by atoms with Crippen LogP contribution in [0, 0.1) is 0 Å². The first-order chi connectivity index (χ1) is 6.77. The Morgan fingerprint density at radius 2 is 2.50 bits per heavy atom. The number of nitrogens with zero attached hydrogens (tertiary/aromatic N) is 2. The zero-order valence-corrected chi connectivity index (χ0v) is 8.52. The van der Waals surface area contributed by atoms with Crippen molar-refractivity contribution in [2.75, 3.05) is 6.61 Å². The highest BCUT2D eigenvalue weighted by molar-refractivity contribution is 5.11. The van der Waals surface area contributed by atoms with Crippen molar-refractivity contribution in [1.29, 1.82) is 0 Å². The number of nitrogens with two attached hydrogens (primary N) is 1. The summed E-state index contributed by atoms with van der Waals surface area (Å²) in [6, 6.07) is -0.0241. The lowest BCUT2D eigenvalue weighted by Gasteiger charge is -2.27. The lowest BCUT2D eigenvalue weighted by molar-refractivity contribution is 0.00000148. The molecular weight excluding hydrogens is 178 g/mol. The van der Waals surface area contributed by atoms with E-state index in [9.17, 15) is 0 Å².